The second kappa shape index (κ2) is 16.1. The van der Waals surface area contributed by atoms with Crippen LogP contribution in [0, 0.1) is 35.5 Å². The van der Waals surface area contributed by atoms with Crippen LogP contribution >= 0.6 is 0 Å². The van der Waals surface area contributed by atoms with Crippen molar-refractivity contribution in [1.29, 1.82) is 0 Å². The van der Waals surface area contributed by atoms with Gasteiger partial charge in [-0.3, -0.25) is 4.79 Å². The molecule has 0 amide bonds. The van der Waals surface area contributed by atoms with E-state index in [1.54, 1.807) is 5.57 Å². The third kappa shape index (κ3) is 9.56. The number of hydrogen-bond acceptors (Lipinski definition) is 2. The highest BCUT2D eigenvalue weighted by Gasteiger charge is 2.43. The van der Waals surface area contributed by atoms with Gasteiger partial charge in [-0.05, 0) is 128 Å². The van der Waals surface area contributed by atoms with Gasteiger partial charge in [0.2, 0.25) is 0 Å². The van der Waals surface area contributed by atoms with Gasteiger partial charge in [-0.15, -0.1) is 0 Å². The first-order valence-electron chi connectivity index (χ1n) is 14.4. The van der Waals surface area contributed by atoms with Crippen molar-refractivity contribution < 1.29 is 9.53 Å². The Morgan fingerprint density at radius 2 is 1.50 bits per heavy atom. The predicted octanol–water partition coefficient (Wildman–Crippen LogP) is 10.0. The molecule has 6 atom stereocenters. The maximum Gasteiger partial charge on any atom is 0.146 e. The second-order valence-electron chi connectivity index (χ2n) is 11.9. The minimum Gasteiger partial charge on any atom is -0.495 e. The molecule has 1 fully saturated rings. The Bertz CT molecular complexity index is 803. The summed E-state index contributed by atoms with van der Waals surface area (Å²) in [5, 5.41) is 0. The molecule has 204 valence electrons. The summed E-state index contributed by atoms with van der Waals surface area (Å²) in [7, 11) is 0. The first kappa shape index (κ1) is 32.2. The van der Waals surface area contributed by atoms with Crippen molar-refractivity contribution in [3.8, 4) is 0 Å². The van der Waals surface area contributed by atoms with Gasteiger partial charge in [0, 0.05) is 5.92 Å². The van der Waals surface area contributed by atoms with Crippen molar-refractivity contribution >= 4 is 6.29 Å². The lowest BCUT2D eigenvalue weighted by molar-refractivity contribution is -0.105. The van der Waals surface area contributed by atoms with Gasteiger partial charge in [-0.1, -0.05) is 62.8 Å². The zero-order valence-corrected chi connectivity index (χ0v) is 25.1. The van der Waals surface area contributed by atoms with E-state index >= 15 is 0 Å². The molecular weight excluding hydrogens is 440 g/mol. The lowest BCUT2D eigenvalue weighted by Gasteiger charge is -2.48. The smallest absolute Gasteiger partial charge is 0.146 e. The van der Waals surface area contributed by atoms with E-state index < -0.39 is 0 Å². The van der Waals surface area contributed by atoms with Crippen LogP contribution in [0.4, 0.5) is 0 Å². The highest BCUT2D eigenvalue weighted by Crippen LogP contribution is 2.49. The highest BCUT2D eigenvalue weighted by atomic mass is 16.5. The summed E-state index contributed by atoms with van der Waals surface area (Å²) >= 11 is 0. The number of carbonyl (C=O) groups is 1. The Kier molecular flexibility index (Phi) is 14.4. The lowest BCUT2D eigenvalue weighted by atomic mass is 9.63. The molecule has 0 aromatic carbocycles. The van der Waals surface area contributed by atoms with E-state index in [1.165, 1.54) is 31.3 Å². The average molecular weight is 497 g/mol. The topological polar surface area (TPSA) is 26.3 Å². The van der Waals surface area contributed by atoms with Gasteiger partial charge in [-0.25, -0.2) is 0 Å². The summed E-state index contributed by atoms with van der Waals surface area (Å²) in [6.07, 6.45) is 23.2. The summed E-state index contributed by atoms with van der Waals surface area (Å²) in [6.45, 7) is 21.8. The number of rotatable bonds is 5. The highest BCUT2D eigenvalue weighted by molar-refractivity contribution is 5.74. The van der Waals surface area contributed by atoms with Crippen LogP contribution in [-0.4, -0.2) is 11.9 Å². The Balaban J connectivity index is 0.000000315. The fourth-order valence-electron chi connectivity index (χ4n) is 5.57. The normalized spacial score (nSPS) is 30.9. The number of hydrogen-bond donors (Lipinski definition) is 0. The van der Waals surface area contributed by atoms with Gasteiger partial charge in [0.15, 0.2) is 0 Å². The fourth-order valence-corrected chi connectivity index (χ4v) is 5.57. The van der Waals surface area contributed by atoms with Crippen LogP contribution in [-0.2, 0) is 9.53 Å². The molecule has 0 aromatic rings. The summed E-state index contributed by atoms with van der Waals surface area (Å²) in [5.74, 6) is 3.96. The standard InChI is InChI=1S/C17H28O.C12H18O.C5H10/c1-6-7-8-14-12(2)9-10-15-13(3)17(4,5)18-11-16(14)15;1-3-4-8-12-10(2)6-5-7-11(12)9-13;1-4-5(2)3/h6-7,11-15H,8-10H2,1-5H3;3-4,7,9-10,12H,5-6,8H2,1-2H3;4H,1-3H3/b7-6+;4-3+;/t12-,13?,14+,15?;10-,12+;/m11./s1. The van der Waals surface area contributed by atoms with Crippen LogP contribution in [0.1, 0.15) is 108 Å². The Morgan fingerprint density at radius 1 is 0.944 bits per heavy atom. The SMILES string of the molecule is C/C=C/C[C@@H]1C(C=O)=CCC[C@H]1C.C/C=C/C[C@@H]1C2=COC(C)(C)C(C)C2CC[C@H]1C.CC=C(C)C. The Labute approximate surface area is 224 Å². The average Bonchev–Trinajstić information content (AvgIpc) is 2.85. The molecule has 0 aromatic heterocycles. The molecule has 3 rings (SSSR count). The van der Waals surface area contributed by atoms with E-state index in [2.05, 4.69) is 98.1 Å². The molecule has 3 aliphatic rings. The van der Waals surface area contributed by atoms with E-state index in [4.69, 9.17) is 4.74 Å². The van der Waals surface area contributed by atoms with Crippen molar-refractivity contribution in [2.75, 3.05) is 0 Å². The van der Waals surface area contributed by atoms with Gasteiger partial charge in [0.05, 0.1) is 6.26 Å². The number of ether oxygens (including phenoxy) is 1. The maximum atomic E-state index is 10.8. The van der Waals surface area contributed by atoms with E-state index in [-0.39, 0.29) is 5.60 Å². The maximum absolute atomic E-state index is 10.8. The van der Waals surface area contributed by atoms with Crippen molar-refractivity contribution in [3.63, 3.8) is 0 Å². The third-order valence-electron chi connectivity index (χ3n) is 8.76. The molecule has 0 radical (unpaired) electrons. The number of aldehydes is 1. The van der Waals surface area contributed by atoms with E-state index in [0.29, 0.717) is 23.7 Å². The molecule has 2 heteroatoms. The second-order valence-corrected chi connectivity index (χ2v) is 11.9. The molecule has 2 unspecified atom stereocenters. The molecule has 1 aliphatic heterocycles. The van der Waals surface area contributed by atoms with Gasteiger partial charge in [0.25, 0.3) is 0 Å². The number of allylic oxidation sites excluding steroid dienone is 9. The van der Waals surface area contributed by atoms with E-state index in [0.717, 1.165) is 36.5 Å². The Hall–Kier alpha value is -1.83. The molecule has 0 bridgehead atoms. The fraction of sp³-hybridized carbons (Fsp3) is 0.676. The summed E-state index contributed by atoms with van der Waals surface area (Å²) in [6, 6.07) is 0. The quantitative estimate of drug-likeness (QED) is 0.279. The zero-order valence-electron chi connectivity index (χ0n) is 25.1. The van der Waals surface area contributed by atoms with Crippen LogP contribution in [0.2, 0.25) is 0 Å². The minimum absolute atomic E-state index is 0.000109. The van der Waals surface area contributed by atoms with Crippen LogP contribution in [0.3, 0.4) is 0 Å². The molecule has 0 spiro atoms. The summed E-state index contributed by atoms with van der Waals surface area (Å²) in [5.41, 5.74) is 3.97. The molecule has 0 N–H and O–H groups in total. The first-order valence-corrected chi connectivity index (χ1v) is 14.4. The van der Waals surface area contributed by atoms with Gasteiger partial charge < -0.3 is 4.74 Å². The largest absolute Gasteiger partial charge is 0.495 e. The molecule has 36 heavy (non-hydrogen) atoms. The van der Waals surface area contributed by atoms with Crippen LogP contribution in [0.15, 0.2) is 59.4 Å². The molecule has 2 aliphatic carbocycles. The zero-order chi connectivity index (χ0) is 27.3. The first-order chi connectivity index (χ1) is 17.0. The molecule has 0 saturated heterocycles. The predicted molar refractivity (Wildman–Crippen MR) is 158 cm³/mol. The molecule has 1 saturated carbocycles. The minimum atomic E-state index is -0.000109. The van der Waals surface area contributed by atoms with E-state index in [1.807, 2.05) is 13.8 Å². The summed E-state index contributed by atoms with van der Waals surface area (Å²) in [4.78, 5) is 10.8. The van der Waals surface area contributed by atoms with Gasteiger partial charge >= 0.3 is 0 Å². The number of carbonyl (C=O) groups excluding carboxylic acids is 1. The Morgan fingerprint density at radius 3 is 2.03 bits per heavy atom. The van der Waals surface area contributed by atoms with Crippen LogP contribution in [0.5, 0.6) is 0 Å². The number of fused-ring (bicyclic) bond motifs is 1. The van der Waals surface area contributed by atoms with Crippen molar-refractivity contribution in [2.24, 2.45) is 35.5 Å². The third-order valence-corrected chi connectivity index (χ3v) is 8.76. The summed E-state index contributed by atoms with van der Waals surface area (Å²) < 4.78 is 6.02. The van der Waals surface area contributed by atoms with Crippen LogP contribution < -0.4 is 0 Å². The monoisotopic (exact) mass is 496 g/mol. The van der Waals surface area contributed by atoms with Crippen molar-refractivity contribution in [2.45, 2.75) is 113 Å². The lowest BCUT2D eigenvalue weighted by Crippen LogP contribution is -2.44. The molecule has 1 heterocycles. The van der Waals surface area contributed by atoms with Gasteiger partial charge in [-0.2, -0.15) is 0 Å². The molecular formula is C34H56O2. The molecule has 2 nitrogen and oxygen atoms in total. The van der Waals surface area contributed by atoms with Crippen LogP contribution in [0.25, 0.3) is 0 Å². The van der Waals surface area contributed by atoms with E-state index in [9.17, 15) is 4.79 Å². The van der Waals surface area contributed by atoms with Gasteiger partial charge in [0.1, 0.15) is 11.9 Å². The van der Waals surface area contributed by atoms with Crippen molar-refractivity contribution in [3.05, 3.63) is 59.4 Å². The van der Waals surface area contributed by atoms with Crippen molar-refractivity contribution in [1.82, 2.24) is 0 Å².